The van der Waals surface area contributed by atoms with Gasteiger partial charge in [-0.05, 0) is 73.1 Å². The molecule has 0 bridgehead atoms. The topological polar surface area (TPSA) is 72.5 Å². The summed E-state index contributed by atoms with van der Waals surface area (Å²) in [6.07, 6.45) is 3.20. The van der Waals surface area contributed by atoms with Crippen LogP contribution in [0.15, 0.2) is 53.6 Å². The molecule has 1 aliphatic rings. The Balaban J connectivity index is 1.72. The molecular formula is C23H24F3NO3. The molecule has 30 heavy (non-hydrogen) atoms. The molecular weight excluding hydrogens is 395 g/mol. The molecule has 0 aliphatic heterocycles. The van der Waals surface area contributed by atoms with Gasteiger partial charge >= 0.3 is 12.0 Å². The van der Waals surface area contributed by atoms with Crippen molar-refractivity contribution in [2.75, 3.05) is 6.61 Å². The van der Waals surface area contributed by atoms with Crippen LogP contribution in [0.1, 0.15) is 42.4 Å². The van der Waals surface area contributed by atoms with E-state index in [9.17, 15) is 18.0 Å². The number of carboxylic acid groups (broad SMARTS) is 1. The quantitative estimate of drug-likeness (QED) is 0.445. The van der Waals surface area contributed by atoms with Gasteiger partial charge in [-0.15, -0.1) is 0 Å². The Morgan fingerprint density at radius 2 is 1.80 bits per heavy atom. The molecule has 3 N–H and O–H groups in total. The smallest absolute Gasteiger partial charge is 0.327 e. The highest BCUT2D eigenvalue weighted by Crippen LogP contribution is 2.32. The number of aryl methyl sites for hydroxylation is 1. The Morgan fingerprint density at radius 1 is 1.10 bits per heavy atom. The molecule has 0 fully saturated rings. The van der Waals surface area contributed by atoms with Gasteiger partial charge in [0.1, 0.15) is 18.2 Å². The average Bonchev–Trinajstić information content (AvgIpc) is 3.13. The lowest BCUT2D eigenvalue weighted by Gasteiger charge is -2.17. The first-order valence-corrected chi connectivity index (χ1v) is 9.81. The zero-order valence-corrected chi connectivity index (χ0v) is 16.5. The van der Waals surface area contributed by atoms with Gasteiger partial charge in [0, 0.05) is 12.0 Å². The van der Waals surface area contributed by atoms with Crippen molar-refractivity contribution in [3.05, 3.63) is 76.1 Å². The molecule has 2 aromatic rings. The minimum absolute atomic E-state index is 0.0370. The van der Waals surface area contributed by atoms with E-state index < -0.39 is 17.6 Å². The van der Waals surface area contributed by atoms with Crippen LogP contribution in [-0.2, 0) is 23.7 Å². The van der Waals surface area contributed by atoms with E-state index in [1.54, 1.807) is 18.2 Å². The summed E-state index contributed by atoms with van der Waals surface area (Å²) in [4.78, 5) is 10.8. The molecule has 160 valence electrons. The molecule has 0 spiro atoms. The molecule has 0 heterocycles. The summed E-state index contributed by atoms with van der Waals surface area (Å²) in [6.45, 7) is 0.278. The Kier molecular flexibility index (Phi) is 6.82. The van der Waals surface area contributed by atoms with Crippen LogP contribution in [0.3, 0.4) is 0 Å². The minimum atomic E-state index is -3.59. The van der Waals surface area contributed by atoms with Gasteiger partial charge in [-0.3, -0.25) is 10.5 Å². The third kappa shape index (κ3) is 5.86. The largest absolute Gasteiger partial charge is 0.489 e. The maximum absolute atomic E-state index is 13.8. The number of alkyl halides is 2. The molecule has 3 rings (SSSR count). The van der Waals surface area contributed by atoms with Crippen LogP contribution in [0.25, 0.3) is 0 Å². The second-order valence-corrected chi connectivity index (χ2v) is 7.49. The van der Waals surface area contributed by atoms with Crippen molar-refractivity contribution in [1.82, 2.24) is 0 Å². The number of halogens is 3. The van der Waals surface area contributed by atoms with Gasteiger partial charge in [-0.2, -0.15) is 8.78 Å². The van der Waals surface area contributed by atoms with Gasteiger partial charge in [-0.25, -0.2) is 4.39 Å². The number of hydrogen-bond donors (Lipinski definition) is 2. The van der Waals surface area contributed by atoms with Crippen molar-refractivity contribution >= 4 is 5.97 Å². The maximum Gasteiger partial charge on any atom is 0.327 e. The summed E-state index contributed by atoms with van der Waals surface area (Å²) >= 11 is 0. The van der Waals surface area contributed by atoms with E-state index in [0.29, 0.717) is 6.42 Å². The lowest BCUT2D eigenvalue weighted by molar-refractivity contribution is -0.137. The summed E-state index contributed by atoms with van der Waals surface area (Å²) in [5, 5.41) is 8.81. The Hall–Kier alpha value is -2.80. The van der Waals surface area contributed by atoms with Crippen LogP contribution in [0.5, 0.6) is 5.75 Å². The fraction of sp³-hybridized carbons (Fsp3) is 0.348. The predicted molar refractivity (Wildman–Crippen MR) is 107 cm³/mol. The minimum Gasteiger partial charge on any atom is -0.489 e. The van der Waals surface area contributed by atoms with Gasteiger partial charge in [0.25, 0.3) is 0 Å². The number of hydrogen-bond acceptors (Lipinski definition) is 3. The van der Waals surface area contributed by atoms with Crippen molar-refractivity contribution in [3.8, 4) is 5.75 Å². The van der Waals surface area contributed by atoms with Crippen molar-refractivity contribution in [3.63, 3.8) is 0 Å². The molecule has 4 nitrogen and oxygen atoms in total. The second-order valence-electron chi connectivity index (χ2n) is 7.49. The molecule has 0 aromatic heterocycles. The first-order valence-electron chi connectivity index (χ1n) is 9.81. The van der Waals surface area contributed by atoms with E-state index in [1.807, 2.05) is 0 Å². The number of nitrogens with two attached hydrogens (primary N) is 1. The molecule has 1 aliphatic carbocycles. The Bertz CT molecular complexity index is 934. The van der Waals surface area contributed by atoms with Gasteiger partial charge in [0.15, 0.2) is 0 Å². The third-order valence-corrected chi connectivity index (χ3v) is 5.25. The van der Waals surface area contributed by atoms with E-state index in [1.165, 1.54) is 29.8 Å². The lowest BCUT2D eigenvalue weighted by atomic mass is 10.0. The number of rotatable bonds is 9. The first kappa shape index (κ1) is 21.9. The lowest BCUT2D eigenvalue weighted by Crippen LogP contribution is -2.27. The fourth-order valence-corrected chi connectivity index (χ4v) is 3.69. The summed E-state index contributed by atoms with van der Waals surface area (Å²) in [7, 11) is 0. The maximum atomic E-state index is 13.8. The van der Waals surface area contributed by atoms with E-state index in [-0.39, 0.29) is 36.6 Å². The molecule has 0 radical (unpaired) electrons. The van der Waals surface area contributed by atoms with Crippen LogP contribution in [-0.4, -0.2) is 17.7 Å². The summed E-state index contributed by atoms with van der Waals surface area (Å²) < 4.78 is 46.5. The van der Waals surface area contributed by atoms with E-state index in [4.69, 9.17) is 15.6 Å². The van der Waals surface area contributed by atoms with Crippen LogP contribution < -0.4 is 10.5 Å². The Morgan fingerprint density at radius 3 is 2.47 bits per heavy atom. The summed E-state index contributed by atoms with van der Waals surface area (Å²) in [6, 6.07) is 6.97. The van der Waals surface area contributed by atoms with Crippen LogP contribution in [0.2, 0.25) is 0 Å². The third-order valence-electron chi connectivity index (χ3n) is 5.25. The van der Waals surface area contributed by atoms with Crippen LogP contribution in [0.4, 0.5) is 13.2 Å². The molecule has 0 saturated carbocycles. The number of ether oxygens (including phenoxy) is 1. The van der Waals surface area contributed by atoms with Crippen molar-refractivity contribution in [2.45, 2.75) is 44.6 Å². The monoisotopic (exact) mass is 419 g/mol. The van der Waals surface area contributed by atoms with Gasteiger partial charge in [0.2, 0.25) is 0 Å². The summed E-state index contributed by atoms with van der Waals surface area (Å²) in [5.74, 6) is -1.08. The highest BCUT2D eigenvalue weighted by molar-refractivity contribution is 5.67. The predicted octanol–water partition coefficient (Wildman–Crippen LogP) is 4.95. The molecule has 2 aromatic carbocycles. The SMILES string of the molecule is NC(F)(F)c1cc(OCC2=C(Cc3ccc(F)cc3)CCC2)ccc1CCC(=O)O. The molecule has 0 unspecified atom stereocenters. The highest BCUT2D eigenvalue weighted by atomic mass is 19.3. The number of benzene rings is 2. The van der Waals surface area contributed by atoms with Gasteiger partial charge in [-0.1, -0.05) is 23.8 Å². The van der Waals surface area contributed by atoms with Crippen molar-refractivity contribution < 1.29 is 27.8 Å². The zero-order chi connectivity index (χ0) is 21.7. The zero-order valence-electron chi connectivity index (χ0n) is 16.5. The van der Waals surface area contributed by atoms with Crippen molar-refractivity contribution in [1.29, 1.82) is 0 Å². The highest BCUT2D eigenvalue weighted by Gasteiger charge is 2.29. The summed E-state index contributed by atoms with van der Waals surface area (Å²) in [5.41, 5.74) is 8.12. The van der Waals surface area contributed by atoms with Crippen LogP contribution >= 0.6 is 0 Å². The molecule has 0 amide bonds. The van der Waals surface area contributed by atoms with Crippen molar-refractivity contribution in [2.24, 2.45) is 5.73 Å². The Labute approximate surface area is 173 Å². The van der Waals surface area contributed by atoms with Gasteiger partial charge < -0.3 is 9.84 Å². The number of carboxylic acids is 1. The fourth-order valence-electron chi connectivity index (χ4n) is 3.69. The van der Waals surface area contributed by atoms with Crippen LogP contribution in [0, 0.1) is 5.82 Å². The standard InChI is InChI=1S/C23H24F3NO3/c24-19-8-4-15(5-9-19)12-17-2-1-3-18(17)14-30-20-10-6-16(7-11-22(28)29)21(13-20)23(25,26)27/h4-6,8-10,13H,1-3,7,11-12,14,27H2,(H,28,29). The van der Waals surface area contributed by atoms with E-state index >= 15 is 0 Å². The molecule has 7 heteroatoms. The first-order chi connectivity index (χ1) is 14.2. The van der Waals surface area contributed by atoms with E-state index in [0.717, 1.165) is 30.4 Å². The number of allylic oxidation sites excluding steroid dienone is 1. The number of carbonyl (C=O) groups is 1. The molecule has 0 saturated heterocycles. The average molecular weight is 419 g/mol. The van der Waals surface area contributed by atoms with E-state index in [2.05, 4.69) is 0 Å². The number of aliphatic carboxylic acids is 1. The van der Waals surface area contributed by atoms with Gasteiger partial charge in [0.05, 0.1) is 0 Å². The second kappa shape index (κ2) is 9.34. The molecule has 0 atom stereocenters. The normalized spacial score (nSPS) is 14.3.